The highest BCUT2D eigenvalue weighted by molar-refractivity contribution is 5.90. The molecule has 2 rings (SSSR count). The summed E-state index contributed by atoms with van der Waals surface area (Å²) < 4.78 is 5.05. The molecule has 0 aromatic carbocycles. The Labute approximate surface area is 74.9 Å². The van der Waals surface area contributed by atoms with E-state index in [0.29, 0.717) is 25.7 Å². The highest BCUT2D eigenvalue weighted by Gasteiger charge is 2.22. The third-order valence-corrected chi connectivity index (χ3v) is 1.83. The number of aromatic amines is 1. The van der Waals surface area contributed by atoms with Crippen LogP contribution in [-0.2, 0) is 4.74 Å². The number of nitrogens with one attached hydrogen (secondary N) is 1. The number of aromatic nitrogens is 3. The second kappa shape index (κ2) is 3.14. The predicted octanol–water partition coefficient (Wildman–Crippen LogP) is -0.457. The first kappa shape index (κ1) is 8.18. The summed E-state index contributed by atoms with van der Waals surface area (Å²) in [6, 6.07) is 0. The molecule has 1 saturated heterocycles. The molecule has 0 aliphatic carbocycles. The molecule has 6 nitrogen and oxygen atoms in total. The zero-order chi connectivity index (χ0) is 9.26. The summed E-state index contributed by atoms with van der Waals surface area (Å²) in [4.78, 5) is 17.1. The summed E-state index contributed by atoms with van der Waals surface area (Å²) >= 11 is 0. The molecule has 0 atom stereocenters. The Kier molecular flexibility index (Phi) is 1.97. The minimum Gasteiger partial charge on any atom is -0.359 e. The fourth-order valence-electron chi connectivity index (χ4n) is 1.15. The van der Waals surface area contributed by atoms with E-state index in [1.165, 1.54) is 0 Å². The molecule has 1 aliphatic rings. The van der Waals surface area contributed by atoms with Crippen molar-refractivity contribution in [3.05, 3.63) is 11.6 Å². The first-order valence-corrected chi connectivity index (χ1v) is 4.03. The van der Waals surface area contributed by atoms with Crippen LogP contribution in [0.15, 0.2) is 0 Å². The average Bonchev–Trinajstić information content (AvgIpc) is 2.72. The van der Waals surface area contributed by atoms with E-state index in [4.69, 9.17) is 4.74 Å². The average molecular weight is 182 g/mol. The fourth-order valence-corrected chi connectivity index (χ4v) is 1.15. The van der Waals surface area contributed by atoms with Gasteiger partial charge in [-0.1, -0.05) is 0 Å². The van der Waals surface area contributed by atoms with E-state index in [1.807, 2.05) is 0 Å². The molecule has 1 fully saturated rings. The second-order valence-electron chi connectivity index (χ2n) is 2.85. The number of ether oxygens (including phenoxy) is 1. The maximum Gasteiger partial charge on any atom is 0.295 e. The van der Waals surface area contributed by atoms with Crippen LogP contribution in [-0.4, -0.2) is 45.9 Å². The van der Waals surface area contributed by atoms with Crippen molar-refractivity contribution in [3.63, 3.8) is 0 Å². The number of nitrogens with zero attached hydrogens (tertiary/aromatic N) is 3. The van der Waals surface area contributed by atoms with Crippen LogP contribution < -0.4 is 0 Å². The number of rotatable bonds is 1. The van der Waals surface area contributed by atoms with E-state index in [2.05, 4.69) is 15.2 Å². The first-order valence-electron chi connectivity index (χ1n) is 4.03. The lowest BCUT2D eigenvalue weighted by Crippen LogP contribution is -2.29. The molecule has 1 aliphatic heterocycles. The maximum absolute atomic E-state index is 11.6. The van der Waals surface area contributed by atoms with Gasteiger partial charge in [-0.15, -0.1) is 5.10 Å². The summed E-state index contributed by atoms with van der Waals surface area (Å²) in [5.41, 5.74) is 0. The Morgan fingerprint density at radius 2 is 2.54 bits per heavy atom. The van der Waals surface area contributed by atoms with Crippen molar-refractivity contribution in [2.75, 3.05) is 19.9 Å². The molecule has 1 aromatic heterocycles. The highest BCUT2D eigenvalue weighted by Crippen LogP contribution is 2.04. The maximum atomic E-state index is 11.6. The molecule has 2 heterocycles. The van der Waals surface area contributed by atoms with Crippen molar-refractivity contribution in [1.82, 2.24) is 20.1 Å². The third-order valence-electron chi connectivity index (χ3n) is 1.83. The number of hydrogen-bond acceptors (Lipinski definition) is 4. The Morgan fingerprint density at radius 1 is 1.69 bits per heavy atom. The molecule has 6 heteroatoms. The standard InChI is InChI=1S/C7H10N4O2/c1-5-8-6(10-9-5)7(12)11-2-3-13-4-11/h2-4H2,1H3,(H,8,9,10). The van der Waals surface area contributed by atoms with Gasteiger partial charge in [0.2, 0.25) is 5.82 Å². The van der Waals surface area contributed by atoms with E-state index in [9.17, 15) is 4.79 Å². The SMILES string of the molecule is Cc1nc(C(=O)N2CCOC2)n[nH]1. The van der Waals surface area contributed by atoms with Crippen molar-refractivity contribution in [2.24, 2.45) is 0 Å². The number of carbonyl (C=O) groups excluding carboxylic acids is 1. The van der Waals surface area contributed by atoms with Crippen LogP contribution in [0.4, 0.5) is 0 Å². The zero-order valence-corrected chi connectivity index (χ0v) is 7.28. The predicted molar refractivity (Wildman–Crippen MR) is 43.0 cm³/mol. The van der Waals surface area contributed by atoms with Gasteiger partial charge >= 0.3 is 0 Å². The fraction of sp³-hybridized carbons (Fsp3) is 0.571. The van der Waals surface area contributed by atoms with Crippen LogP contribution in [0.3, 0.4) is 0 Å². The van der Waals surface area contributed by atoms with E-state index in [-0.39, 0.29) is 11.7 Å². The largest absolute Gasteiger partial charge is 0.359 e. The lowest BCUT2D eigenvalue weighted by Gasteiger charge is -2.09. The molecule has 1 aromatic rings. The van der Waals surface area contributed by atoms with Crippen molar-refractivity contribution in [3.8, 4) is 0 Å². The van der Waals surface area contributed by atoms with Gasteiger partial charge in [0.25, 0.3) is 5.91 Å². The van der Waals surface area contributed by atoms with E-state index < -0.39 is 0 Å². The molecule has 70 valence electrons. The molecule has 0 unspecified atom stereocenters. The van der Waals surface area contributed by atoms with Gasteiger partial charge in [0.05, 0.1) is 6.61 Å². The number of hydrogen-bond donors (Lipinski definition) is 1. The third kappa shape index (κ3) is 1.52. The smallest absolute Gasteiger partial charge is 0.295 e. The van der Waals surface area contributed by atoms with Crippen molar-refractivity contribution < 1.29 is 9.53 Å². The first-order chi connectivity index (χ1) is 6.27. The van der Waals surface area contributed by atoms with Gasteiger partial charge in [0.1, 0.15) is 12.6 Å². The van der Waals surface area contributed by atoms with Gasteiger partial charge in [0, 0.05) is 6.54 Å². The highest BCUT2D eigenvalue weighted by atomic mass is 16.5. The summed E-state index contributed by atoms with van der Waals surface area (Å²) in [6.07, 6.45) is 0. The molecular formula is C7H10N4O2. The minimum absolute atomic E-state index is 0.179. The number of H-pyrrole nitrogens is 1. The van der Waals surface area contributed by atoms with E-state index >= 15 is 0 Å². The molecule has 1 amide bonds. The molecule has 13 heavy (non-hydrogen) atoms. The van der Waals surface area contributed by atoms with Gasteiger partial charge < -0.3 is 9.64 Å². The lowest BCUT2D eigenvalue weighted by atomic mass is 10.5. The van der Waals surface area contributed by atoms with Crippen LogP contribution >= 0.6 is 0 Å². The molecular weight excluding hydrogens is 172 g/mol. The van der Waals surface area contributed by atoms with Gasteiger partial charge in [-0.05, 0) is 6.92 Å². The van der Waals surface area contributed by atoms with Gasteiger partial charge in [-0.25, -0.2) is 4.98 Å². The van der Waals surface area contributed by atoms with Crippen LogP contribution in [0.5, 0.6) is 0 Å². The molecule has 0 bridgehead atoms. The second-order valence-corrected chi connectivity index (χ2v) is 2.85. The lowest BCUT2D eigenvalue weighted by molar-refractivity contribution is 0.0683. The Balaban J connectivity index is 2.12. The van der Waals surface area contributed by atoms with Crippen molar-refractivity contribution in [2.45, 2.75) is 6.92 Å². The van der Waals surface area contributed by atoms with Crippen LogP contribution in [0.25, 0.3) is 0 Å². The number of aryl methyl sites for hydroxylation is 1. The summed E-state index contributed by atoms with van der Waals surface area (Å²) in [5, 5.41) is 6.40. The Hall–Kier alpha value is -1.43. The van der Waals surface area contributed by atoms with Crippen LogP contribution in [0, 0.1) is 6.92 Å². The molecule has 0 saturated carbocycles. The summed E-state index contributed by atoms with van der Waals surface area (Å²) in [6.45, 7) is 3.30. The van der Waals surface area contributed by atoms with Crippen molar-refractivity contribution in [1.29, 1.82) is 0 Å². The van der Waals surface area contributed by atoms with E-state index in [0.717, 1.165) is 0 Å². The molecule has 1 N–H and O–H groups in total. The van der Waals surface area contributed by atoms with Gasteiger partial charge in [0.15, 0.2) is 0 Å². The normalized spacial score (nSPS) is 16.5. The monoisotopic (exact) mass is 182 g/mol. The quantitative estimate of drug-likeness (QED) is 0.638. The topological polar surface area (TPSA) is 71.1 Å². The molecule has 0 radical (unpaired) electrons. The zero-order valence-electron chi connectivity index (χ0n) is 7.28. The minimum atomic E-state index is -0.179. The van der Waals surface area contributed by atoms with Crippen LogP contribution in [0.1, 0.15) is 16.4 Å². The van der Waals surface area contributed by atoms with Crippen LogP contribution in [0.2, 0.25) is 0 Å². The summed E-state index contributed by atoms with van der Waals surface area (Å²) in [7, 11) is 0. The van der Waals surface area contributed by atoms with E-state index in [1.54, 1.807) is 11.8 Å². The Bertz CT molecular complexity index is 316. The number of carbonyl (C=O) groups is 1. The summed E-state index contributed by atoms with van der Waals surface area (Å²) in [5.74, 6) is 0.674. The van der Waals surface area contributed by atoms with Crippen molar-refractivity contribution >= 4 is 5.91 Å². The van der Waals surface area contributed by atoms with Gasteiger partial charge in [-0.2, -0.15) is 0 Å². The van der Waals surface area contributed by atoms with Gasteiger partial charge in [-0.3, -0.25) is 9.89 Å². The number of amides is 1. The Morgan fingerprint density at radius 3 is 3.08 bits per heavy atom. The molecule has 0 spiro atoms.